The van der Waals surface area contributed by atoms with Crippen LogP contribution in [0.2, 0.25) is 0 Å². The van der Waals surface area contributed by atoms with E-state index in [4.69, 9.17) is 0 Å². The Morgan fingerprint density at radius 1 is 0.919 bits per heavy atom. The van der Waals surface area contributed by atoms with Gasteiger partial charge in [0, 0.05) is 30.7 Å². The van der Waals surface area contributed by atoms with Crippen molar-refractivity contribution in [2.75, 3.05) is 16.0 Å². The van der Waals surface area contributed by atoms with Crippen molar-refractivity contribution in [1.29, 1.82) is 0 Å². The zero-order valence-corrected chi connectivity index (χ0v) is 19.5. The molecule has 2 heterocycles. The molecule has 0 aliphatic carbocycles. The van der Waals surface area contributed by atoms with Crippen LogP contribution in [0.25, 0.3) is 0 Å². The molecular weight excluding hydrogens is 492 g/mol. The maximum absolute atomic E-state index is 13.9. The summed E-state index contributed by atoms with van der Waals surface area (Å²) < 4.78 is 54.8. The summed E-state index contributed by atoms with van der Waals surface area (Å²) in [6.45, 7) is 1.84. The van der Waals surface area contributed by atoms with E-state index in [1.54, 1.807) is 25.4 Å². The van der Waals surface area contributed by atoms with E-state index >= 15 is 0 Å². The zero-order valence-electron chi connectivity index (χ0n) is 19.5. The third-order valence-electron chi connectivity index (χ3n) is 5.25. The number of anilines is 4. The molecule has 0 bridgehead atoms. The molecule has 190 valence electrons. The minimum absolute atomic E-state index is 0.00934. The minimum Gasteiger partial charge on any atom is -0.338 e. The molecule has 8 nitrogen and oxygen atoms in total. The lowest BCUT2D eigenvalue weighted by molar-refractivity contribution is -0.137. The van der Waals surface area contributed by atoms with Gasteiger partial charge in [0.2, 0.25) is 0 Å². The van der Waals surface area contributed by atoms with Crippen LogP contribution in [0.3, 0.4) is 0 Å². The van der Waals surface area contributed by atoms with Crippen LogP contribution in [0.4, 0.5) is 40.4 Å². The number of carbonyl (C=O) groups excluding carboxylic acids is 2. The fourth-order valence-electron chi connectivity index (χ4n) is 3.39. The van der Waals surface area contributed by atoms with Crippen LogP contribution in [0.1, 0.15) is 31.8 Å². The van der Waals surface area contributed by atoms with Crippen LogP contribution in [0.5, 0.6) is 0 Å². The van der Waals surface area contributed by atoms with Crippen molar-refractivity contribution >= 4 is 34.7 Å². The molecule has 2 amide bonds. The van der Waals surface area contributed by atoms with E-state index in [1.165, 1.54) is 23.1 Å². The first-order valence-electron chi connectivity index (χ1n) is 10.8. The van der Waals surface area contributed by atoms with E-state index in [-0.39, 0.29) is 17.1 Å². The number of aromatic nitrogens is 3. The molecule has 0 saturated heterocycles. The van der Waals surface area contributed by atoms with Crippen molar-refractivity contribution in [2.24, 2.45) is 7.05 Å². The van der Waals surface area contributed by atoms with E-state index in [1.807, 2.05) is 19.1 Å². The first kappa shape index (κ1) is 25.4. The fourth-order valence-corrected chi connectivity index (χ4v) is 3.39. The summed E-state index contributed by atoms with van der Waals surface area (Å²) in [5.74, 6) is -2.69. The molecular formula is C25H20F4N6O2. The average Bonchev–Trinajstić information content (AvgIpc) is 3.24. The first-order valence-corrected chi connectivity index (χ1v) is 10.8. The van der Waals surface area contributed by atoms with Crippen molar-refractivity contribution in [3.8, 4) is 0 Å². The molecule has 0 spiro atoms. The molecule has 0 aliphatic rings. The molecule has 3 N–H and O–H groups in total. The summed E-state index contributed by atoms with van der Waals surface area (Å²) in [5, 5.41) is 12.1. The molecule has 4 rings (SSSR count). The lowest BCUT2D eigenvalue weighted by Gasteiger charge is -2.15. The number of nitrogens with one attached hydrogen (secondary N) is 3. The second kappa shape index (κ2) is 10.1. The average molecular weight is 512 g/mol. The van der Waals surface area contributed by atoms with Gasteiger partial charge < -0.3 is 16.0 Å². The number of nitrogens with zero attached hydrogens (tertiary/aromatic N) is 3. The van der Waals surface area contributed by atoms with Gasteiger partial charge in [-0.3, -0.25) is 14.3 Å². The standard InChI is InChI=1S/C25H20F4N6O2/c1-14-5-3-4-6-20(14)33-22-21(9-16(11-30-22)24(37)32-19-12-31-35(2)13-19)34-23(36)15-7-17(25(27,28)29)10-18(26)8-15/h3-13H,1-2H3,(H,30,33)(H,32,37)(H,34,36). The van der Waals surface area contributed by atoms with Crippen LogP contribution in [0.15, 0.2) is 67.1 Å². The van der Waals surface area contributed by atoms with Crippen molar-refractivity contribution in [1.82, 2.24) is 14.8 Å². The van der Waals surface area contributed by atoms with Crippen molar-refractivity contribution < 1.29 is 27.2 Å². The number of carbonyl (C=O) groups is 2. The van der Waals surface area contributed by atoms with Gasteiger partial charge in [0.1, 0.15) is 5.82 Å². The zero-order chi connectivity index (χ0) is 26.7. The number of aryl methyl sites for hydroxylation is 2. The smallest absolute Gasteiger partial charge is 0.338 e. The van der Waals surface area contributed by atoms with Gasteiger partial charge in [0.05, 0.1) is 28.7 Å². The number of halogens is 4. The van der Waals surface area contributed by atoms with Crippen LogP contribution in [0, 0.1) is 12.7 Å². The third kappa shape index (κ3) is 6.10. The molecule has 0 unspecified atom stereocenters. The third-order valence-corrected chi connectivity index (χ3v) is 5.25. The number of rotatable bonds is 6. The summed E-state index contributed by atoms with van der Waals surface area (Å²) in [4.78, 5) is 29.9. The lowest BCUT2D eigenvalue weighted by atomic mass is 10.1. The summed E-state index contributed by atoms with van der Waals surface area (Å²) >= 11 is 0. The molecule has 0 fully saturated rings. The Labute approximate surface area is 208 Å². The van der Waals surface area contributed by atoms with Gasteiger partial charge >= 0.3 is 6.18 Å². The maximum atomic E-state index is 13.9. The minimum atomic E-state index is -4.85. The van der Waals surface area contributed by atoms with Gasteiger partial charge in [-0.1, -0.05) is 18.2 Å². The summed E-state index contributed by atoms with van der Waals surface area (Å²) in [6, 6.07) is 10.0. The van der Waals surface area contributed by atoms with E-state index in [2.05, 4.69) is 26.0 Å². The van der Waals surface area contributed by atoms with E-state index in [0.29, 0.717) is 29.6 Å². The molecule has 0 atom stereocenters. The summed E-state index contributed by atoms with van der Waals surface area (Å²) in [7, 11) is 1.67. The highest BCUT2D eigenvalue weighted by molar-refractivity contribution is 6.08. The largest absolute Gasteiger partial charge is 0.416 e. The molecule has 0 saturated carbocycles. The van der Waals surface area contributed by atoms with E-state index in [0.717, 1.165) is 5.56 Å². The lowest BCUT2D eigenvalue weighted by Crippen LogP contribution is -2.18. The number of amides is 2. The molecule has 2 aromatic carbocycles. The van der Waals surface area contributed by atoms with Crippen molar-refractivity contribution in [3.63, 3.8) is 0 Å². The van der Waals surface area contributed by atoms with Gasteiger partial charge in [-0.15, -0.1) is 0 Å². The molecule has 0 radical (unpaired) electrons. The molecule has 4 aromatic rings. The quantitative estimate of drug-likeness (QED) is 0.295. The highest BCUT2D eigenvalue weighted by Gasteiger charge is 2.32. The Kier molecular flexibility index (Phi) is 6.92. The Balaban J connectivity index is 1.69. The number of hydrogen-bond acceptors (Lipinski definition) is 5. The number of benzene rings is 2. The predicted octanol–water partition coefficient (Wildman–Crippen LogP) is 5.53. The summed E-state index contributed by atoms with van der Waals surface area (Å²) in [5.41, 5.74) is 0.0790. The fraction of sp³-hybridized carbons (Fsp3) is 0.120. The van der Waals surface area contributed by atoms with E-state index < -0.39 is 34.9 Å². The van der Waals surface area contributed by atoms with Crippen LogP contribution in [-0.2, 0) is 13.2 Å². The highest BCUT2D eigenvalue weighted by Crippen LogP contribution is 2.31. The predicted molar refractivity (Wildman–Crippen MR) is 129 cm³/mol. The summed E-state index contributed by atoms with van der Waals surface area (Å²) in [6.07, 6.45) is -0.568. The van der Waals surface area contributed by atoms with Gasteiger partial charge in [-0.05, 0) is 42.8 Å². The topological polar surface area (TPSA) is 101 Å². The SMILES string of the molecule is Cc1ccccc1Nc1ncc(C(=O)Nc2cnn(C)c2)cc1NC(=O)c1cc(F)cc(C(F)(F)F)c1. The number of alkyl halides is 3. The Morgan fingerprint density at radius 2 is 1.65 bits per heavy atom. The highest BCUT2D eigenvalue weighted by atomic mass is 19.4. The Bertz CT molecular complexity index is 1480. The van der Waals surface area contributed by atoms with Gasteiger partial charge in [-0.25, -0.2) is 9.37 Å². The van der Waals surface area contributed by atoms with Gasteiger partial charge in [-0.2, -0.15) is 18.3 Å². The van der Waals surface area contributed by atoms with Crippen molar-refractivity contribution in [3.05, 3.63) is 95.2 Å². The Hall–Kier alpha value is -4.74. The van der Waals surface area contributed by atoms with Crippen LogP contribution >= 0.6 is 0 Å². The number of para-hydroxylation sites is 1. The van der Waals surface area contributed by atoms with Crippen molar-refractivity contribution in [2.45, 2.75) is 13.1 Å². The normalized spacial score (nSPS) is 11.2. The van der Waals surface area contributed by atoms with Gasteiger partial charge in [0.25, 0.3) is 11.8 Å². The van der Waals surface area contributed by atoms with Crippen LogP contribution < -0.4 is 16.0 Å². The number of pyridine rings is 1. The molecule has 2 aromatic heterocycles. The second-order valence-corrected chi connectivity index (χ2v) is 8.10. The number of hydrogen-bond donors (Lipinski definition) is 3. The second-order valence-electron chi connectivity index (χ2n) is 8.10. The van der Waals surface area contributed by atoms with Gasteiger partial charge in [0.15, 0.2) is 5.82 Å². The molecule has 0 aliphatic heterocycles. The van der Waals surface area contributed by atoms with Crippen LogP contribution in [-0.4, -0.2) is 26.6 Å². The molecule has 37 heavy (non-hydrogen) atoms. The Morgan fingerprint density at radius 3 is 2.32 bits per heavy atom. The maximum Gasteiger partial charge on any atom is 0.416 e. The first-order chi connectivity index (χ1) is 17.5. The monoisotopic (exact) mass is 512 g/mol. The van der Waals surface area contributed by atoms with E-state index in [9.17, 15) is 27.2 Å². The molecule has 12 heteroatoms.